The molecule has 1 atom stereocenters. The van der Waals surface area contributed by atoms with E-state index in [0.29, 0.717) is 17.3 Å². The molecule has 6 heteroatoms. The molecule has 0 unspecified atom stereocenters. The molecule has 0 saturated carbocycles. The van der Waals surface area contributed by atoms with Crippen LogP contribution in [-0.4, -0.2) is 15.5 Å². The summed E-state index contributed by atoms with van der Waals surface area (Å²) in [4.78, 5) is 16.4. The van der Waals surface area contributed by atoms with Crippen molar-refractivity contribution in [1.29, 1.82) is 0 Å². The summed E-state index contributed by atoms with van der Waals surface area (Å²) in [5.74, 6) is 0.369. The van der Waals surface area contributed by atoms with Crippen LogP contribution in [-0.2, 0) is 4.79 Å². The summed E-state index contributed by atoms with van der Waals surface area (Å²) >= 11 is 7.53. The van der Waals surface area contributed by atoms with Gasteiger partial charge in [-0.15, -0.1) is 0 Å². The third kappa shape index (κ3) is 3.55. The van der Waals surface area contributed by atoms with Crippen LogP contribution >= 0.6 is 22.9 Å². The Hall–Kier alpha value is -2.11. The fourth-order valence-electron chi connectivity index (χ4n) is 2.26. The summed E-state index contributed by atoms with van der Waals surface area (Å²) in [6.45, 7) is 0. The van der Waals surface area contributed by atoms with Crippen molar-refractivity contribution in [1.82, 2.24) is 9.55 Å². The summed E-state index contributed by atoms with van der Waals surface area (Å²) in [5, 5.41) is 7.42. The molecule has 3 aromatic heterocycles. The molecule has 3 rings (SSSR count). The Morgan fingerprint density at radius 3 is 2.86 bits per heavy atom. The highest BCUT2D eigenvalue weighted by Gasteiger charge is 2.18. The topological polar surface area (TPSA) is 46.9 Å². The number of hydrogen-bond acceptors (Lipinski definition) is 3. The van der Waals surface area contributed by atoms with Gasteiger partial charge in [0.1, 0.15) is 5.82 Å². The molecule has 22 heavy (non-hydrogen) atoms. The van der Waals surface area contributed by atoms with Crippen molar-refractivity contribution in [3.05, 3.63) is 70.3 Å². The first kappa shape index (κ1) is 14.8. The smallest absolute Gasteiger partial charge is 0.227 e. The van der Waals surface area contributed by atoms with Crippen molar-refractivity contribution in [3.8, 4) is 0 Å². The fourth-order valence-corrected chi connectivity index (χ4v) is 3.12. The maximum Gasteiger partial charge on any atom is 0.227 e. The number of aromatic nitrogens is 2. The first-order valence-corrected chi connectivity index (χ1v) is 8.10. The highest BCUT2D eigenvalue weighted by molar-refractivity contribution is 7.08. The number of hydrogen-bond donors (Lipinski definition) is 1. The number of halogens is 1. The summed E-state index contributed by atoms with van der Waals surface area (Å²) in [6, 6.07) is 9.23. The van der Waals surface area contributed by atoms with Crippen molar-refractivity contribution in [2.24, 2.45) is 0 Å². The summed E-state index contributed by atoms with van der Waals surface area (Å²) in [7, 11) is 0. The molecule has 112 valence electrons. The minimum Gasteiger partial charge on any atom is -0.346 e. The van der Waals surface area contributed by atoms with E-state index in [-0.39, 0.29) is 11.9 Å². The molecule has 0 aliphatic carbocycles. The highest BCUT2D eigenvalue weighted by Crippen LogP contribution is 2.25. The van der Waals surface area contributed by atoms with Crippen molar-refractivity contribution < 1.29 is 4.79 Å². The molecule has 0 bridgehead atoms. The number of rotatable bonds is 5. The Kier molecular flexibility index (Phi) is 4.56. The molecular formula is C16H14ClN3OS. The van der Waals surface area contributed by atoms with E-state index in [9.17, 15) is 4.79 Å². The molecule has 0 spiro atoms. The van der Waals surface area contributed by atoms with Crippen molar-refractivity contribution in [2.45, 2.75) is 12.5 Å². The monoisotopic (exact) mass is 331 g/mol. The van der Waals surface area contributed by atoms with E-state index < -0.39 is 0 Å². The first-order valence-electron chi connectivity index (χ1n) is 6.78. The van der Waals surface area contributed by atoms with Gasteiger partial charge in [0, 0.05) is 23.6 Å². The average Bonchev–Trinajstić information content (AvgIpc) is 3.18. The maximum absolute atomic E-state index is 12.3. The van der Waals surface area contributed by atoms with E-state index in [1.165, 1.54) is 0 Å². The Morgan fingerprint density at radius 2 is 2.18 bits per heavy atom. The van der Waals surface area contributed by atoms with Crippen LogP contribution in [0, 0.1) is 0 Å². The van der Waals surface area contributed by atoms with Crippen molar-refractivity contribution >= 4 is 34.7 Å². The van der Waals surface area contributed by atoms with Crippen LogP contribution < -0.4 is 5.32 Å². The molecule has 3 heterocycles. The van der Waals surface area contributed by atoms with Crippen LogP contribution in [0.3, 0.4) is 0 Å². The van der Waals surface area contributed by atoms with Crippen LogP contribution in [0.15, 0.2) is 59.7 Å². The van der Waals surface area contributed by atoms with Crippen molar-refractivity contribution in [3.63, 3.8) is 0 Å². The van der Waals surface area contributed by atoms with Gasteiger partial charge in [-0.2, -0.15) is 11.3 Å². The zero-order valence-electron chi connectivity index (χ0n) is 11.6. The predicted octanol–water partition coefficient (Wildman–Crippen LogP) is 4.22. The van der Waals surface area contributed by atoms with Crippen LogP contribution in [0.4, 0.5) is 5.82 Å². The molecule has 0 aliphatic rings. The molecule has 0 aromatic carbocycles. The van der Waals surface area contributed by atoms with E-state index in [1.807, 2.05) is 40.5 Å². The molecule has 1 amide bonds. The Balaban J connectivity index is 1.75. The summed E-state index contributed by atoms with van der Waals surface area (Å²) < 4.78 is 2.03. The van der Waals surface area contributed by atoms with Gasteiger partial charge in [0.2, 0.25) is 5.91 Å². The number of amides is 1. The second-order valence-electron chi connectivity index (χ2n) is 4.81. The molecule has 3 aromatic rings. The third-order valence-electron chi connectivity index (χ3n) is 3.28. The van der Waals surface area contributed by atoms with E-state index in [1.54, 1.807) is 29.7 Å². The molecule has 0 aliphatic heterocycles. The van der Waals surface area contributed by atoms with E-state index in [0.717, 1.165) is 5.56 Å². The van der Waals surface area contributed by atoms with Crippen LogP contribution in [0.25, 0.3) is 0 Å². The van der Waals surface area contributed by atoms with Gasteiger partial charge in [0.15, 0.2) is 0 Å². The van der Waals surface area contributed by atoms with Gasteiger partial charge in [0.25, 0.3) is 0 Å². The fraction of sp³-hybridized carbons (Fsp3) is 0.125. The van der Waals surface area contributed by atoms with E-state index in [4.69, 9.17) is 11.6 Å². The van der Waals surface area contributed by atoms with Crippen LogP contribution in [0.5, 0.6) is 0 Å². The highest BCUT2D eigenvalue weighted by atomic mass is 35.5. The Morgan fingerprint density at radius 1 is 1.36 bits per heavy atom. The van der Waals surface area contributed by atoms with E-state index in [2.05, 4.69) is 15.7 Å². The van der Waals surface area contributed by atoms with Crippen molar-refractivity contribution in [2.75, 3.05) is 5.32 Å². The summed E-state index contributed by atoms with van der Waals surface area (Å²) in [5.41, 5.74) is 1.12. The molecule has 4 nitrogen and oxygen atoms in total. The lowest BCUT2D eigenvalue weighted by Gasteiger charge is -2.17. The predicted molar refractivity (Wildman–Crippen MR) is 89.4 cm³/mol. The standard InChI is InChI=1S/C16H14ClN3OS/c17-13-3-5-18-15(9-13)19-16(21)10-14(12-4-8-22-11-12)20-6-1-2-7-20/h1-9,11,14H,10H2,(H,18,19,21)/t14-/m1/s1. The lowest BCUT2D eigenvalue weighted by Crippen LogP contribution is -2.19. The Labute approximate surface area is 137 Å². The van der Waals surface area contributed by atoms with Gasteiger partial charge in [0.05, 0.1) is 12.5 Å². The number of thiophene rings is 1. The molecule has 1 N–H and O–H groups in total. The first-order chi connectivity index (χ1) is 10.7. The van der Waals surface area contributed by atoms with Crippen LogP contribution in [0.1, 0.15) is 18.0 Å². The molecule has 0 radical (unpaired) electrons. The number of nitrogens with one attached hydrogen (secondary N) is 1. The zero-order valence-corrected chi connectivity index (χ0v) is 13.2. The SMILES string of the molecule is O=C(C[C@H](c1ccsc1)n1cccc1)Nc1cc(Cl)ccn1. The van der Waals surface area contributed by atoms with Crippen LogP contribution in [0.2, 0.25) is 5.02 Å². The van der Waals surface area contributed by atoms with Gasteiger partial charge >= 0.3 is 0 Å². The summed E-state index contributed by atoms with van der Waals surface area (Å²) in [6.07, 6.45) is 5.83. The van der Waals surface area contributed by atoms with Gasteiger partial charge in [-0.1, -0.05) is 11.6 Å². The second-order valence-corrected chi connectivity index (χ2v) is 6.03. The van der Waals surface area contributed by atoms with Gasteiger partial charge in [-0.05, 0) is 46.7 Å². The minimum atomic E-state index is -0.0975. The lowest BCUT2D eigenvalue weighted by atomic mass is 10.1. The maximum atomic E-state index is 12.3. The molecule has 0 fully saturated rings. The molecule has 0 saturated heterocycles. The number of anilines is 1. The van der Waals surface area contributed by atoms with Gasteiger partial charge in [-0.3, -0.25) is 4.79 Å². The molecular weight excluding hydrogens is 318 g/mol. The quantitative estimate of drug-likeness (QED) is 0.761. The number of carbonyl (C=O) groups excluding carboxylic acids is 1. The third-order valence-corrected chi connectivity index (χ3v) is 4.22. The van der Waals surface area contributed by atoms with E-state index >= 15 is 0 Å². The lowest BCUT2D eigenvalue weighted by molar-refractivity contribution is -0.116. The average molecular weight is 332 g/mol. The van der Waals surface area contributed by atoms with Gasteiger partial charge < -0.3 is 9.88 Å². The second kappa shape index (κ2) is 6.77. The Bertz CT molecular complexity index is 706. The number of nitrogens with zero attached hydrogens (tertiary/aromatic N) is 2. The zero-order chi connectivity index (χ0) is 15.4. The number of pyridine rings is 1. The largest absolute Gasteiger partial charge is 0.346 e. The number of carbonyl (C=O) groups is 1. The minimum absolute atomic E-state index is 0.0274. The van der Waals surface area contributed by atoms with Gasteiger partial charge in [-0.25, -0.2) is 4.98 Å². The normalized spacial score (nSPS) is 12.0.